The number of aromatic nitrogens is 2. The van der Waals surface area contributed by atoms with Crippen molar-refractivity contribution in [2.24, 2.45) is 0 Å². The normalized spacial score (nSPS) is 11.6. The maximum atomic E-state index is 12.5. The van der Waals surface area contributed by atoms with Crippen LogP contribution in [0.5, 0.6) is 0 Å². The van der Waals surface area contributed by atoms with Crippen molar-refractivity contribution < 1.29 is 8.42 Å². The molecule has 0 spiro atoms. The maximum absolute atomic E-state index is 12.5. The van der Waals surface area contributed by atoms with Crippen molar-refractivity contribution in [1.82, 2.24) is 9.78 Å². The quantitative estimate of drug-likeness (QED) is 0.537. The Morgan fingerprint density at radius 3 is 2.48 bits per heavy atom. The number of anilines is 1. The fraction of sp³-hybridized carbons (Fsp3) is 0.0500. The molecule has 0 bridgehead atoms. The molecule has 3 aromatic carbocycles. The van der Waals surface area contributed by atoms with Crippen LogP contribution in [-0.4, -0.2) is 18.2 Å². The van der Waals surface area contributed by atoms with E-state index in [0.717, 1.165) is 16.3 Å². The number of benzene rings is 3. The third-order valence-electron chi connectivity index (χ3n) is 4.22. The lowest BCUT2D eigenvalue weighted by Gasteiger charge is -2.07. The maximum Gasteiger partial charge on any atom is 0.263 e. The molecule has 5 nitrogen and oxygen atoms in total. The standard InChI is InChI=1S/C20H16ClN3O2S/c21-17-8-10-18(11-9-17)27(25,26)23-20-12-13-24(22-20)14-16-6-3-5-15-4-1-2-7-19(15)16/h1-13H,14H2,(H,22,23). The number of fused-ring (bicyclic) bond motifs is 1. The fourth-order valence-electron chi connectivity index (χ4n) is 2.92. The van der Waals surface area contributed by atoms with Gasteiger partial charge in [0, 0.05) is 17.3 Å². The summed E-state index contributed by atoms with van der Waals surface area (Å²) in [5.41, 5.74) is 1.11. The minimum Gasteiger partial charge on any atom is -0.266 e. The summed E-state index contributed by atoms with van der Waals surface area (Å²) in [6.07, 6.45) is 1.75. The molecule has 0 aliphatic rings. The Morgan fingerprint density at radius 2 is 1.67 bits per heavy atom. The van der Waals surface area contributed by atoms with E-state index < -0.39 is 10.0 Å². The van der Waals surface area contributed by atoms with E-state index in [2.05, 4.69) is 28.0 Å². The third-order valence-corrected chi connectivity index (χ3v) is 5.84. The van der Waals surface area contributed by atoms with Gasteiger partial charge in [0.15, 0.2) is 5.82 Å². The summed E-state index contributed by atoms with van der Waals surface area (Å²) in [7, 11) is -3.71. The van der Waals surface area contributed by atoms with Gasteiger partial charge in [0.1, 0.15) is 0 Å². The number of hydrogen-bond donors (Lipinski definition) is 1. The Hall–Kier alpha value is -2.83. The van der Waals surface area contributed by atoms with Crippen LogP contribution in [0.2, 0.25) is 5.02 Å². The van der Waals surface area contributed by atoms with Gasteiger partial charge >= 0.3 is 0 Å². The lowest BCUT2D eigenvalue weighted by atomic mass is 10.0. The van der Waals surface area contributed by atoms with E-state index in [0.29, 0.717) is 11.6 Å². The summed E-state index contributed by atoms with van der Waals surface area (Å²) in [5.74, 6) is 0.269. The van der Waals surface area contributed by atoms with Crippen molar-refractivity contribution in [2.75, 3.05) is 4.72 Å². The number of sulfonamides is 1. The van der Waals surface area contributed by atoms with Crippen LogP contribution in [0, 0.1) is 0 Å². The topological polar surface area (TPSA) is 64.0 Å². The van der Waals surface area contributed by atoms with Gasteiger partial charge in [-0.05, 0) is 40.6 Å². The highest BCUT2D eigenvalue weighted by Gasteiger charge is 2.15. The molecule has 1 heterocycles. The summed E-state index contributed by atoms with van der Waals surface area (Å²) < 4.78 is 29.1. The minimum atomic E-state index is -3.71. The molecule has 0 saturated heterocycles. The van der Waals surface area contributed by atoms with Crippen LogP contribution in [0.3, 0.4) is 0 Å². The average molecular weight is 398 g/mol. The van der Waals surface area contributed by atoms with Gasteiger partial charge in [-0.2, -0.15) is 5.10 Å². The van der Waals surface area contributed by atoms with E-state index >= 15 is 0 Å². The van der Waals surface area contributed by atoms with E-state index in [9.17, 15) is 8.42 Å². The van der Waals surface area contributed by atoms with Crippen molar-refractivity contribution in [3.05, 3.63) is 89.6 Å². The van der Waals surface area contributed by atoms with E-state index in [1.165, 1.54) is 24.3 Å². The van der Waals surface area contributed by atoms with Gasteiger partial charge in [-0.3, -0.25) is 9.40 Å². The van der Waals surface area contributed by atoms with Crippen LogP contribution in [0.25, 0.3) is 10.8 Å². The van der Waals surface area contributed by atoms with Gasteiger partial charge in [0.05, 0.1) is 11.4 Å². The molecule has 1 aromatic heterocycles. The predicted molar refractivity (Wildman–Crippen MR) is 108 cm³/mol. The summed E-state index contributed by atoms with van der Waals surface area (Å²) in [6.45, 7) is 0.546. The molecular weight excluding hydrogens is 382 g/mol. The Labute approximate surface area is 162 Å². The zero-order valence-electron chi connectivity index (χ0n) is 14.2. The highest BCUT2D eigenvalue weighted by atomic mass is 35.5. The van der Waals surface area contributed by atoms with E-state index in [4.69, 9.17) is 11.6 Å². The molecule has 0 amide bonds. The van der Waals surface area contributed by atoms with Crippen molar-refractivity contribution in [1.29, 1.82) is 0 Å². The van der Waals surface area contributed by atoms with Crippen LogP contribution in [0.15, 0.2) is 83.9 Å². The number of halogens is 1. The highest BCUT2D eigenvalue weighted by molar-refractivity contribution is 7.92. The molecule has 0 radical (unpaired) electrons. The molecule has 7 heteroatoms. The van der Waals surface area contributed by atoms with E-state index in [-0.39, 0.29) is 10.7 Å². The number of nitrogens with zero attached hydrogens (tertiary/aromatic N) is 2. The van der Waals surface area contributed by atoms with Crippen LogP contribution in [0.4, 0.5) is 5.82 Å². The third kappa shape index (κ3) is 3.82. The summed E-state index contributed by atoms with van der Waals surface area (Å²) in [4.78, 5) is 0.135. The second kappa shape index (κ2) is 7.06. The molecule has 0 atom stereocenters. The van der Waals surface area contributed by atoms with E-state index in [1.807, 2.05) is 24.3 Å². The van der Waals surface area contributed by atoms with Gasteiger partial charge in [-0.25, -0.2) is 8.42 Å². The largest absolute Gasteiger partial charge is 0.266 e. The molecule has 4 rings (SSSR count). The second-order valence-corrected chi connectivity index (χ2v) is 8.22. The number of nitrogens with one attached hydrogen (secondary N) is 1. The number of hydrogen-bond acceptors (Lipinski definition) is 3. The Balaban J connectivity index is 1.56. The summed E-state index contributed by atoms with van der Waals surface area (Å²) >= 11 is 5.81. The van der Waals surface area contributed by atoms with Crippen molar-refractivity contribution >= 4 is 38.2 Å². The fourth-order valence-corrected chi connectivity index (χ4v) is 4.04. The van der Waals surface area contributed by atoms with Crippen LogP contribution in [-0.2, 0) is 16.6 Å². The van der Waals surface area contributed by atoms with Crippen LogP contribution < -0.4 is 4.72 Å². The van der Waals surface area contributed by atoms with E-state index in [1.54, 1.807) is 16.9 Å². The molecule has 4 aromatic rings. The zero-order chi connectivity index (χ0) is 18.9. The van der Waals surface area contributed by atoms with Gasteiger partial charge in [-0.1, -0.05) is 54.1 Å². The van der Waals surface area contributed by atoms with Gasteiger partial charge in [0.2, 0.25) is 0 Å². The first kappa shape index (κ1) is 17.6. The second-order valence-electron chi connectivity index (χ2n) is 6.10. The molecule has 0 unspecified atom stereocenters. The monoisotopic (exact) mass is 397 g/mol. The van der Waals surface area contributed by atoms with Gasteiger partial charge in [0.25, 0.3) is 10.0 Å². The smallest absolute Gasteiger partial charge is 0.263 e. The predicted octanol–water partition coefficient (Wildman–Crippen LogP) is 4.54. The SMILES string of the molecule is O=S(=O)(Nc1ccn(Cc2cccc3ccccc23)n1)c1ccc(Cl)cc1. The van der Waals surface area contributed by atoms with Crippen molar-refractivity contribution in [3.63, 3.8) is 0 Å². The average Bonchev–Trinajstić information content (AvgIpc) is 3.08. The highest BCUT2D eigenvalue weighted by Crippen LogP contribution is 2.20. The molecule has 0 aliphatic heterocycles. The minimum absolute atomic E-state index is 0.135. The molecule has 0 saturated carbocycles. The summed E-state index contributed by atoms with van der Waals surface area (Å²) in [5, 5.41) is 7.13. The Kier molecular flexibility index (Phi) is 4.59. The zero-order valence-corrected chi connectivity index (χ0v) is 15.8. The van der Waals surface area contributed by atoms with Gasteiger partial charge in [-0.15, -0.1) is 0 Å². The van der Waals surface area contributed by atoms with Crippen LogP contribution >= 0.6 is 11.6 Å². The lowest BCUT2D eigenvalue weighted by Crippen LogP contribution is -2.13. The number of rotatable bonds is 5. The lowest BCUT2D eigenvalue weighted by molar-refractivity contribution is 0.600. The first-order valence-electron chi connectivity index (χ1n) is 8.30. The molecule has 136 valence electrons. The summed E-state index contributed by atoms with van der Waals surface area (Å²) in [6, 6.07) is 21.9. The Bertz CT molecular complexity index is 1200. The first-order valence-corrected chi connectivity index (χ1v) is 10.2. The van der Waals surface area contributed by atoms with Crippen molar-refractivity contribution in [2.45, 2.75) is 11.4 Å². The molecule has 0 aliphatic carbocycles. The molecule has 1 N–H and O–H groups in total. The molecular formula is C20H16ClN3O2S. The van der Waals surface area contributed by atoms with Crippen LogP contribution in [0.1, 0.15) is 5.56 Å². The van der Waals surface area contributed by atoms with Gasteiger partial charge < -0.3 is 0 Å². The molecule has 0 fully saturated rings. The first-order chi connectivity index (χ1) is 13.0. The molecule has 27 heavy (non-hydrogen) atoms. The Morgan fingerprint density at radius 1 is 0.926 bits per heavy atom. The van der Waals surface area contributed by atoms with Crippen molar-refractivity contribution in [3.8, 4) is 0 Å².